The van der Waals surface area contributed by atoms with Crippen LogP contribution in [0.25, 0.3) is 0 Å². The number of hydrogen-bond donors (Lipinski definition) is 0. The molecule has 0 aliphatic carbocycles. The van der Waals surface area contributed by atoms with Crippen LogP contribution in [-0.2, 0) is 0 Å². The van der Waals surface area contributed by atoms with Crippen LogP contribution in [0.3, 0.4) is 0 Å². The first-order valence-electron chi connectivity index (χ1n) is 5.93. The number of carbonyl (C=O) groups is 1. The summed E-state index contributed by atoms with van der Waals surface area (Å²) < 4.78 is 13.0. The Labute approximate surface area is 116 Å². The molecule has 2 aromatic rings. The van der Waals surface area contributed by atoms with E-state index in [4.69, 9.17) is 11.6 Å². The SMILES string of the molecule is CCN(c1ccc(F)cc1)c1ccc(Cl)cc1C=O. The van der Waals surface area contributed by atoms with E-state index in [9.17, 15) is 9.18 Å². The minimum absolute atomic E-state index is 0.286. The third-order valence-corrected chi connectivity index (χ3v) is 3.10. The van der Waals surface area contributed by atoms with E-state index in [1.54, 1.807) is 30.3 Å². The van der Waals surface area contributed by atoms with Gasteiger partial charge in [-0.2, -0.15) is 0 Å². The van der Waals surface area contributed by atoms with Crippen LogP contribution in [0.15, 0.2) is 42.5 Å². The van der Waals surface area contributed by atoms with E-state index >= 15 is 0 Å². The molecular formula is C15H13ClFNO. The third-order valence-electron chi connectivity index (χ3n) is 2.86. The predicted molar refractivity (Wildman–Crippen MR) is 75.9 cm³/mol. The van der Waals surface area contributed by atoms with Crippen molar-refractivity contribution in [2.24, 2.45) is 0 Å². The molecule has 0 unspecified atom stereocenters. The Kier molecular flexibility index (Phi) is 4.17. The molecule has 0 saturated carbocycles. The standard InChI is InChI=1S/C15H13ClFNO/c1-2-18(14-6-4-13(17)5-7-14)15-8-3-12(16)9-11(15)10-19/h3-10H,2H2,1H3. The number of aldehydes is 1. The smallest absolute Gasteiger partial charge is 0.152 e. The highest BCUT2D eigenvalue weighted by Crippen LogP contribution is 2.29. The molecular weight excluding hydrogens is 265 g/mol. The Hall–Kier alpha value is -1.87. The highest BCUT2D eigenvalue weighted by atomic mass is 35.5. The number of hydrogen-bond acceptors (Lipinski definition) is 2. The van der Waals surface area contributed by atoms with E-state index in [1.165, 1.54) is 12.1 Å². The van der Waals surface area contributed by atoms with Crippen LogP contribution in [0.4, 0.5) is 15.8 Å². The van der Waals surface area contributed by atoms with E-state index < -0.39 is 0 Å². The molecule has 0 spiro atoms. The largest absolute Gasteiger partial charge is 0.341 e. The summed E-state index contributed by atoms with van der Waals surface area (Å²) in [5.41, 5.74) is 2.10. The van der Waals surface area contributed by atoms with Crippen molar-refractivity contribution in [1.82, 2.24) is 0 Å². The molecule has 0 bridgehead atoms. The predicted octanol–water partition coefficient (Wildman–Crippen LogP) is 4.45. The average Bonchev–Trinajstić information content (AvgIpc) is 2.43. The Bertz CT molecular complexity index is 583. The van der Waals surface area contributed by atoms with Crippen molar-refractivity contribution in [1.29, 1.82) is 0 Å². The maximum Gasteiger partial charge on any atom is 0.152 e. The molecule has 98 valence electrons. The molecule has 0 aromatic heterocycles. The second-order valence-corrected chi connectivity index (χ2v) is 4.48. The summed E-state index contributed by atoms with van der Waals surface area (Å²) in [4.78, 5) is 13.1. The van der Waals surface area contributed by atoms with E-state index in [2.05, 4.69) is 0 Å². The molecule has 0 atom stereocenters. The summed E-state index contributed by atoms with van der Waals surface area (Å²) in [6.07, 6.45) is 0.771. The van der Waals surface area contributed by atoms with Gasteiger partial charge in [0.1, 0.15) is 5.82 Å². The fourth-order valence-electron chi connectivity index (χ4n) is 1.98. The highest BCUT2D eigenvalue weighted by molar-refractivity contribution is 6.31. The second-order valence-electron chi connectivity index (χ2n) is 4.04. The van der Waals surface area contributed by atoms with Crippen molar-refractivity contribution in [3.63, 3.8) is 0 Å². The van der Waals surface area contributed by atoms with Crippen molar-refractivity contribution < 1.29 is 9.18 Å². The number of anilines is 2. The average molecular weight is 278 g/mol. The van der Waals surface area contributed by atoms with E-state index in [0.29, 0.717) is 17.1 Å². The van der Waals surface area contributed by atoms with Gasteiger partial charge in [-0.1, -0.05) is 11.6 Å². The number of carbonyl (C=O) groups excluding carboxylic acids is 1. The first kappa shape index (κ1) is 13.6. The van der Waals surface area contributed by atoms with Gasteiger partial charge in [0.2, 0.25) is 0 Å². The third kappa shape index (κ3) is 2.93. The number of rotatable bonds is 4. The first-order valence-corrected chi connectivity index (χ1v) is 6.31. The van der Waals surface area contributed by atoms with Gasteiger partial charge in [-0.15, -0.1) is 0 Å². The second kappa shape index (κ2) is 5.85. The minimum atomic E-state index is -0.286. The lowest BCUT2D eigenvalue weighted by atomic mass is 10.1. The van der Waals surface area contributed by atoms with Crippen molar-refractivity contribution in [2.75, 3.05) is 11.4 Å². The normalized spacial score (nSPS) is 10.3. The Morgan fingerprint density at radius 2 is 1.89 bits per heavy atom. The van der Waals surface area contributed by atoms with E-state index in [0.717, 1.165) is 17.7 Å². The van der Waals surface area contributed by atoms with Gasteiger partial charge >= 0.3 is 0 Å². The number of benzene rings is 2. The minimum Gasteiger partial charge on any atom is -0.341 e. The van der Waals surface area contributed by atoms with Crippen LogP contribution < -0.4 is 4.90 Å². The lowest BCUT2D eigenvalue weighted by molar-refractivity contribution is 0.112. The molecule has 2 rings (SSSR count). The number of halogens is 2. The topological polar surface area (TPSA) is 20.3 Å². The summed E-state index contributed by atoms with van der Waals surface area (Å²) >= 11 is 5.88. The molecule has 0 fully saturated rings. The molecule has 0 saturated heterocycles. The highest BCUT2D eigenvalue weighted by Gasteiger charge is 2.12. The van der Waals surface area contributed by atoms with Gasteiger partial charge in [-0.05, 0) is 49.4 Å². The van der Waals surface area contributed by atoms with Crippen molar-refractivity contribution >= 4 is 29.3 Å². The van der Waals surface area contributed by atoms with Crippen LogP contribution in [0.5, 0.6) is 0 Å². The molecule has 0 aliphatic rings. The molecule has 0 N–H and O–H groups in total. The lowest BCUT2D eigenvalue weighted by Crippen LogP contribution is -2.17. The van der Waals surface area contributed by atoms with Gasteiger partial charge < -0.3 is 4.90 Å². The molecule has 0 heterocycles. The van der Waals surface area contributed by atoms with Crippen LogP contribution in [0, 0.1) is 5.82 Å². The zero-order valence-corrected chi connectivity index (χ0v) is 11.2. The van der Waals surface area contributed by atoms with Crippen molar-refractivity contribution in [2.45, 2.75) is 6.92 Å². The van der Waals surface area contributed by atoms with E-state index in [-0.39, 0.29) is 5.82 Å². The van der Waals surface area contributed by atoms with Gasteiger partial charge in [0.15, 0.2) is 6.29 Å². The zero-order valence-electron chi connectivity index (χ0n) is 10.4. The maximum atomic E-state index is 13.0. The Morgan fingerprint density at radius 1 is 1.21 bits per heavy atom. The summed E-state index contributed by atoms with van der Waals surface area (Å²) in [6.45, 7) is 2.63. The monoisotopic (exact) mass is 277 g/mol. The summed E-state index contributed by atoms with van der Waals surface area (Å²) in [6, 6.07) is 11.3. The molecule has 19 heavy (non-hydrogen) atoms. The maximum absolute atomic E-state index is 13.0. The van der Waals surface area contributed by atoms with Crippen molar-refractivity contribution in [3.05, 3.63) is 58.9 Å². The fraction of sp³-hybridized carbons (Fsp3) is 0.133. The molecule has 2 nitrogen and oxygen atoms in total. The van der Waals surface area contributed by atoms with Crippen LogP contribution in [0.2, 0.25) is 5.02 Å². The number of nitrogens with zero attached hydrogens (tertiary/aromatic N) is 1. The van der Waals surface area contributed by atoms with Gasteiger partial charge in [0, 0.05) is 22.8 Å². The summed E-state index contributed by atoms with van der Waals surface area (Å²) in [7, 11) is 0. The summed E-state index contributed by atoms with van der Waals surface area (Å²) in [5, 5.41) is 0.515. The quantitative estimate of drug-likeness (QED) is 0.770. The Balaban J connectivity index is 2.47. The lowest BCUT2D eigenvalue weighted by Gasteiger charge is -2.24. The van der Waals surface area contributed by atoms with Gasteiger partial charge in [0.25, 0.3) is 0 Å². The molecule has 0 radical (unpaired) electrons. The molecule has 0 amide bonds. The van der Waals surface area contributed by atoms with Gasteiger partial charge in [0.05, 0.1) is 5.69 Å². The molecule has 4 heteroatoms. The van der Waals surface area contributed by atoms with Crippen LogP contribution in [-0.4, -0.2) is 12.8 Å². The zero-order chi connectivity index (χ0) is 13.8. The van der Waals surface area contributed by atoms with Gasteiger partial charge in [-0.25, -0.2) is 4.39 Å². The van der Waals surface area contributed by atoms with Crippen molar-refractivity contribution in [3.8, 4) is 0 Å². The molecule has 2 aromatic carbocycles. The first-order chi connectivity index (χ1) is 9.15. The van der Waals surface area contributed by atoms with Gasteiger partial charge in [-0.3, -0.25) is 4.79 Å². The fourth-order valence-corrected chi connectivity index (χ4v) is 2.16. The van der Waals surface area contributed by atoms with E-state index in [1.807, 2.05) is 11.8 Å². The van der Waals surface area contributed by atoms with Crippen LogP contribution >= 0.6 is 11.6 Å². The van der Waals surface area contributed by atoms with Crippen LogP contribution in [0.1, 0.15) is 17.3 Å². The Morgan fingerprint density at radius 3 is 2.47 bits per heavy atom. The molecule has 0 aliphatic heterocycles. The summed E-state index contributed by atoms with van der Waals surface area (Å²) in [5.74, 6) is -0.286.